The van der Waals surface area contributed by atoms with E-state index in [2.05, 4.69) is 55.5 Å². The van der Waals surface area contributed by atoms with Crippen molar-refractivity contribution in [2.75, 3.05) is 0 Å². The standard InChI is InChI=1S/C19H23N/c1-14-8-10-15(11-9-14)12-19(20)18-7-3-6-17(13-18)16-4-2-5-16/h3,6-11,13,16,19H,2,4-5,12,20H2,1H3. The summed E-state index contributed by atoms with van der Waals surface area (Å²) in [5.41, 5.74) is 11.8. The van der Waals surface area contributed by atoms with Crippen LogP contribution in [-0.4, -0.2) is 0 Å². The van der Waals surface area contributed by atoms with Crippen LogP contribution in [0.15, 0.2) is 48.5 Å². The summed E-state index contributed by atoms with van der Waals surface area (Å²) in [7, 11) is 0. The molecule has 1 fully saturated rings. The van der Waals surface area contributed by atoms with Crippen molar-refractivity contribution >= 4 is 0 Å². The maximum absolute atomic E-state index is 6.39. The van der Waals surface area contributed by atoms with Crippen LogP contribution in [0.2, 0.25) is 0 Å². The van der Waals surface area contributed by atoms with E-state index in [1.165, 1.54) is 41.5 Å². The van der Waals surface area contributed by atoms with Crippen molar-refractivity contribution in [2.45, 2.75) is 44.6 Å². The fraction of sp³-hybridized carbons (Fsp3) is 0.368. The van der Waals surface area contributed by atoms with Crippen LogP contribution in [0, 0.1) is 6.92 Å². The van der Waals surface area contributed by atoms with Crippen LogP contribution in [0.1, 0.15) is 53.5 Å². The van der Waals surface area contributed by atoms with Crippen LogP contribution in [0.25, 0.3) is 0 Å². The van der Waals surface area contributed by atoms with E-state index in [9.17, 15) is 0 Å². The summed E-state index contributed by atoms with van der Waals surface area (Å²) >= 11 is 0. The summed E-state index contributed by atoms with van der Waals surface area (Å²) in [4.78, 5) is 0. The zero-order chi connectivity index (χ0) is 13.9. The van der Waals surface area contributed by atoms with Gasteiger partial charge in [-0.05, 0) is 48.8 Å². The minimum absolute atomic E-state index is 0.0951. The van der Waals surface area contributed by atoms with Crippen molar-refractivity contribution in [2.24, 2.45) is 5.73 Å². The third-order valence-electron chi connectivity index (χ3n) is 4.49. The molecule has 1 saturated carbocycles. The number of benzene rings is 2. The number of hydrogen-bond donors (Lipinski definition) is 1. The molecule has 1 aliphatic rings. The summed E-state index contributed by atoms with van der Waals surface area (Å²) in [5, 5.41) is 0. The van der Waals surface area contributed by atoms with Gasteiger partial charge in [-0.2, -0.15) is 0 Å². The van der Waals surface area contributed by atoms with Gasteiger partial charge in [-0.3, -0.25) is 0 Å². The highest BCUT2D eigenvalue weighted by atomic mass is 14.6. The van der Waals surface area contributed by atoms with E-state index in [4.69, 9.17) is 5.73 Å². The van der Waals surface area contributed by atoms with Crippen molar-refractivity contribution in [1.82, 2.24) is 0 Å². The van der Waals surface area contributed by atoms with Crippen LogP contribution < -0.4 is 5.73 Å². The van der Waals surface area contributed by atoms with Gasteiger partial charge in [-0.25, -0.2) is 0 Å². The van der Waals surface area contributed by atoms with Gasteiger partial charge < -0.3 is 5.73 Å². The van der Waals surface area contributed by atoms with Crippen molar-refractivity contribution in [3.05, 3.63) is 70.8 Å². The molecule has 0 spiro atoms. The highest BCUT2D eigenvalue weighted by molar-refractivity contribution is 5.31. The second kappa shape index (κ2) is 5.80. The van der Waals surface area contributed by atoms with E-state index < -0.39 is 0 Å². The topological polar surface area (TPSA) is 26.0 Å². The lowest BCUT2D eigenvalue weighted by Crippen LogP contribution is -2.15. The SMILES string of the molecule is Cc1ccc(CC(N)c2cccc(C3CCC3)c2)cc1. The minimum Gasteiger partial charge on any atom is -0.324 e. The minimum atomic E-state index is 0.0951. The molecular formula is C19H23N. The Kier molecular flexibility index (Phi) is 3.88. The molecule has 0 amide bonds. The zero-order valence-electron chi connectivity index (χ0n) is 12.2. The first kappa shape index (κ1) is 13.4. The predicted molar refractivity (Wildman–Crippen MR) is 84.8 cm³/mol. The average molecular weight is 265 g/mol. The van der Waals surface area contributed by atoms with Gasteiger partial charge in [0.15, 0.2) is 0 Å². The van der Waals surface area contributed by atoms with Crippen LogP contribution >= 0.6 is 0 Å². The molecule has 0 heterocycles. The quantitative estimate of drug-likeness (QED) is 0.865. The molecule has 0 bridgehead atoms. The van der Waals surface area contributed by atoms with Crippen molar-refractivity contribution in [1.29, 1.82) is 0 Å². The number of rotatable bonds is 4. The summed E-state index contributed by atoms with van der Waals surface area (Å²) in [6, 6.07) is 17.7. The molecular weight excluding hydrogens is 242 g/mol. The van der Waals surface area contributed by atoms with Gasteiger partial charge in [0.05, 0.1) is 0 Å². The van der Waals surface area contributed by atoms with E-state index >= 15 is 0 Å². The Labute approximate surface area is 121 Å². The molecule has 20 heavy (non-hydrogen) atoms. The average Bonchev–Trinajstić information content (AvgIpc) is 2.40. The predicted octanol–water partition coefficient (Wildman–Crippen LogP) is 4.51. The first-order chi connectivity index (χ1) is 9.72. The zero-order valence-corrected chi connectivity index (χ0v) is 12.2. The summed E-state index contributed by atoms with van der Waals surface area (Å²) < 4.78 is 0. The summed E-state index contributed by atoms with van der Waals surface area (Å²) in [6.45, 7) is 2.12. The van der Waals surface area contributed by atoms with E-state index in [0.29, 0.717) is 0 Å². The van der Waals surface area contributed by atoms with Gasteiger partial charge in [-0.1, -0.05) is 60.5 Å². The molecule has 1 atom stereocenters. The third-order valence-corrected chi connectivity index (χ3v) is 4.49. The molecule has 2 aromatic rings. The molecule has 0 aliphatic heterocycles. The third kappa shape index (κ3) is 2.94. The van der Waals surface area contributed by atoms with Crippen molar-refractivity contribution in [3.63, 3.8) is 0 Å². The molecule has 0 radical (unpaired) electrons. The smallest absolute Gasteiger partial charge is 0.0335 e. The Morgan fingerprint density at radius 2 is 1.85 bits per heavy atom. The lowest BCUT2D eigenvalue weighted by atomic mass is 9.79. The Morgan fingerprint density at radius 3 is 2.50 bits per heavy atom. The summed E-state index contributed by atoms with van der Waals surface area (Å²) in [6.07, 6.45) is 4.98. The van der Waals surface area contributed by atoms with Crippen LogP contribution in [-0.2, 0) is 6.42 Å². The van der Waals surface area contributed by atoms with Gasteiger partial charge in [0.1, 0.15) is 0 Å². The molecule has 1 unspecified atom stereocenters. The van der Waals surface area contributed by atoms with Crippen molar-refractivity contribution in [3.8, 4) is 0 Å². The number of nitrogens with two attached hydrogens (primary N) is 1. The monoisotopic (exact) mass is 265 g/mol. The molecule has 1 nitrogen and oxygen atoms in total. The van der Waals surface area contributed by atoms with Gasteiger partial charge in [-0.15, -0.1) is 0 Å². The van der Waals surface area contributed by atoms with E-state index in [1.807, 2.05) is 0 Å². The Morgan fingerprint density at radius 1 is 1.10 bits per heavy atom. The molecule has 2 aromatic carbocycles. The van der Waals surface area contributed by atoms with Crippen molar-refractivity contribution < 1.29 is 0 Å². The van der Waals surface area contributed by atoms with E-state index in [0.717, 1.165) is 12.3 Å². The highest BCUT2D eigenvalue weighted by Gasteiger charge is 2.20. The second-order valence-electron chi connectivity index (χ2n) is 6.09. The second-order valence-corrected chi connectivity index (χ2v) is 6.09. The first-order valence-corrected chi connectivity index (χ1v) is 7.63. The largest absolute Gasteiger partial charge is 0.324 e. The maximum atomic E-state index is 6.39. The molecule has 0 aromatic heterocycles. The van der Waals surface area contributed by atoms with E-state index in [-0.39, 0.29) is 6.04 Å². The van der Waals surface area contributed by atoms with E-state index in [1.54, 1.807) is 0 Å². The van der Waals surface area contributed by atoms with Gasteiger partial charge in [0.25, 0.3) is 0 Å². The maximum Gasteiger partial charge on any atom is 0.0335 e. The van der Waals surface area contributed by atoms with Gasteiger partial charge in [0.2, 0.25) is 0 Å². The normalized spacial score (nSPS) is 16.7. The highest BCUT2D eigenvalue weighted by Crippen LogP contribution is 2.37. The molecule has 104 valence electrons. The van der Waals surface area contributed by atoms with Gasteiger partial charge >= 0.3 is 0 Å². The molecule has 2 N–H and O–H groups in total. The molecule has 0 saturated heterocycles. The number of hydrogen-bond acceptors (Lipinski definition) is 1. The Bertz CT molecular complexity index is 567. The van der Waals surface area contributed by atoms with Gasteiger partial charge in [0, 0.05) is 6.04 Å². The fourth-order valence-electron chi connectivity index (χ4n) is 2.88. The first-order valence-electron chi connectivity index (χ1n) is 7.63. The lowest BCUT2D eigenvalue weighted by molar-refractivity contribution is 0.419. The number of aryl methyl sites for hydroxylation is 1. The molecule has 3 rings (SSSR count). The fourth-order valence-corrected chi connectivity index (χ4v) is 2.88. The van der Waals surface area contributed by atoms with Crippen LogP contribution in [0.5, 0.6) is 0 Å². The lowest BCUT2D eigenvalue weighted by Gasteiger charge is -2.26. The molecule has 1 heteroatoms. The molecule has 1 aliphatic carbocycles. The Hall–Kier alpha value is -1.60. The van der Waals surface area contributed by atoms with Crippen LogP contribution in [0.3, 0.4) is 0 Å². The summed E-state index contributed by atoms with van der Waals surface area (Å²) in [5.74, 6) is 0.779. The van der Waals surface area contributed by atoms with Crippen LogP contribution in [0.4, 0.5) is 0 Å². The Balaban J connectivity index is 1.72.